The van der Waals surface area contributed by atoms with E-state index in [0.717, 1.165) is 39.5 Å². The molecule has 5 heteroatoms. The highest BCUT2D eigenvalue weighted by atomic mass is 79.9. The summed E-state index contributed by atoms with van der Waals surface area (Å²) in [5.41, 5.74) is 2.20. The molecule has 0 aliphatic heterocycles. The molecule has 0 saturated heterocycles. The van der Waals surface area contributed by atoms with Crippen molar-refractivity contribution in [2.75, 3.05) is 6.54 Å². The maximum atomic E-state index is 5.92. The van der Waals surface area contributed by atoms with Gasteiger partial charge in [-0.25, -0.2) is 0 Å². The van der Waals surface area contributed by atoms with Crippen LogP contribution in [0.15, 0.2) is 59.6 Å². The van der Waals surface area contributed by atoms with Crippen LogP contribution in [0.5, 0.6) is 5.75 Å². The summed E-state index contributed by atoms with van der Waals surface area (Å²) in [4.78, 5) is 0. The van der Waals surface area contributed by atoms with Gasteiger partial charge in [0.1, 0.15) is 12.4 Å². The zero-order valence-electron chi connectivity index (χ0n) is 12.0. The fourth-order valence-corrected chi connectivity index (χ4v) is 2.41. The monoisotopic (exact) mass is 401 g/mol. The van der Waals surface area contributed by atoms with E-state index < -0.39 is 0 Å². The molecule has 0 atom stereocenters. The van der Waals surface area contributed by atoms with Gasteiger partial charge in [-0.1, -0.05) is 45.7 Å². The Morgan fingerprint density at radius 2 is 1.91 bits per heavy atom. The van der Waals surface area contributed by atoms with Gasteiger partial charge in [0.15, 0.2) is 0 Å². The third-order valence-electron chi connectivity index (χ3n) is 2.93. The van der Waals surface area contributed by atoms with Crippen LogP contribution in [0.4, 0.5) is 0 Å². The van der Waals surface area contributed by atoms with Gasteiger partial charge in [-0.15, -0.1) is 19.0 Å². The van der Waals surface area contributed by atoms with Gasteiger partial charge in [0, 0.05) is 28.1 Å². The molecular formula is C17H18BrCl2NO. The van der Waals surface area contributed by atoms with Crippen LogP contribution in [0, 0.1) is 0 Å². The zero-order chi connectivity index (χ0) is 15.1. The Morgan fingerprint density at radius 1 is 1.18 bits per heavy atom. The topological polar surface area (TPSA) is 21.3 Å². The van der Waals surface area contributed by atoms with E-state index in [9.17, 15) is 0 Å². The average Bonchev–Trinajstić information content (AvgIpc) is 2.48. The van der Waals surface area contributed by atoms with Crippen molar-refractivity contribution in [2.24, 2.45) is 0 Å². The van der Waals surface area contributed by atoms with Crippen molar-refractivity contribution in [1.82, 2.24) is 5.32 Å². The first-order chi connectivity index (χ1) is 10.2. The SMILES string of the molecule is C=CCNCc1cc(Br)ccc1OCc1ccc(Cl)cc1.Cl. The Morgan fingerprint density at radius 3 is 2.59 bits per heavy atom. The summed E-state index contributed by atoms with van der Waals surface area (Å²) in [7, 11) is 0. The minimum Gasteiger partial charge on any atom is -0.489 e. The fourth-order valence-electron chi connectivity index (χ4n) is 1.88. The Hall–Kier alpha value is -1.000. The first-order valence-electron chi connectivity index (χ1n) is 6.66. The van der Waals surface area contributed by atoms with E-state index in [1.165, 1.54) is 0 Å². The second kappa shape index (κ2) is 9.90. The van der Waals surface area contributed by atoms with E-state index in [0.29, 0.717) is 6.61 Å². The summed E-state index contributed by atoms with van der Waals surface area (Å²) < 4.78 is 6.96. The molecule has 0 aliphatic carbocycles. The number of benzene rings is 2. The number of halogens is 3. The van der Waals surface area contributed by atoms with Gasteiger partial charge in [0.05, 0.1) is 0 Å². The second-order valence-electron chi connectivity index (χ2n) is 4.59. The van der Waals surface area contributed by atoms with E-state index in [1.54, 1.807) is 0 Å². The summed E-state index contributed by atoms with van der Waals surface area (Å²) in [6.45, 7) is 5.73. The van der Waals surface area contributed by atoms with Gasteiger partial charge >= 0.3 is 0 Å². The predicted molar refractivity (Wildman–Crippen MR) is 99.1 cm³/mol. The van der Waals surface area contributed by atoms with Gasteiger partial charge < -0.3 is 10.1 Å². The van der Waals surface area contributed by atoms with Crippen molar-refractivity contribution in [1.29, 1.82) is 0 Å². The Kier molecular flexibility index (Phi) is 8.57. The van der Waals surface area contributed by atoms with Crippen LogP contribution in [0.1, 0.15) is 11.1 Å². The number of hydrogen-bond donors (Lipinski definition) is 1. The minimum atomic E-state index is 0. The van der Waals surface area contributed by atoms with Crippen LogP contribution in [-0.4, -0.2) is 6.54 Å². The summed E-state index contributed by atoms with van der Waals surface area (Å²) in [5.74, 6) is 0.879. The molecule has 0 unspecified atom stereocenters. The Balaban J connectivity index is 0.00000242. The molecule has 0 aliphatic rings. The van der Waals surface area contributed by atoms with Gasteiger partial charge in [-0.05, 0) is 35.9 Å². The lowest BCUT2D eigenvalue weighted by molar-refractivity contribution is 0.302. The highest BCUT2D eigenvalue weighted by Crippen LogP contribution is 2.24. The molecule has 0 fully saturated rings. The molecule has 22 heavy (non-hydrogen) atoms. The lowest BCUT2D eigenvalue weighted by atomic mass is 10.2. The summed E-state index contributed by atoms with van der Waals surface area (Å²) in [5, 5.41) is 4.02. The summed E-state index contributed by atoms with van der Waals surface area (Å²) in [6, 6.07) is 13.7. The maximum Gasteiger partial charge on any atom is 0.124 e. The summed E-state index contributed by atoms with van der Waals surface area (Å²) in [6.07, 6.45) is 1.84. The number of nitrogens with one attached hydrogen (secondary N) is 1. The van der Waals surface area contributed by atoms with Crippen LogP contribution < -0.4 is 10.1 Å². The average molecular weight is 403 g/mol. The number of rotatable bonds is 7. The van der Waals surface area contributed by atoms with Crippen molar-refractivity contribution in [3.63, 3.8) is 0 Å². The van der Waals surface area contributed by atoms with Crippen LogP contribution in [0.2, 0.25) is 5.02 Å². The van der Waals surface area contributed by atoms with Crippen LogP contribution in [0.3, 0.4) is 0 Å². The molecule has 2 aromatic rings. The van der Waals surface area contributed by atoms with Gasteiger partial charge in [-0.3, -0.25) is 0 Å². The van der Waals surface area contributed by atoms with Crippen LogP contribution in [0.25, 0.3) is 0 Å². The molecule has 2 nitrogen and oxygen atoms in total. The fraction of sp³-hybridized carbons (Fsp3) is 0.176. The molecule has 118 valence electrons. The summed E-state index contributed by atoms with van der Waals surface area (Å²) >= 11 is 9.37. The molecule has 2 rings (SSSR count). The molecule has 0 aromatic heterocycles. The first kappa shape index (κ1) is 19.0. The normalized spacial score (nSPS) is 9.91. The maximum absolute atomic E-state index is 5.92. The molecule has 0 heterocycles. The van der Waals surface area contributed by atoms with Crippen molar-refractivity contribution >= 4 is 39.9 Å². The van der Waals surface area contributed by atoms with Gasteiger partial charge in [0.25, 0.3) is 0 Å². The van der Waals surface area contributed by atoms with Crippen molar-refractivity contribution in [3.8, 4) is 5.75 Å². The predicted octanol–water partition coefficient (Wildman–Crippen LogP) is 5.38. The van der Waals surface area contributed by atoms with E-state index in [4.69, 9.17) is 16.3 Å². The molecule has 1 N–H and O–H groups in total. The smallest absolute Gasteiger partial charge is 0.124 e. The standard InChI is InChI=1S/C17H17BrClNO.ClH/c1-2-9-20-11-14-10-15(18)5-8-17(14)21-12-13-3-6-16(19)7-4-13;/h2-8,10,20H,1,9,11-12H2;1H. The van der Waals surface area contributed by atoms with E-state index in [2.05, 4.69) is 33.9 Å². The van der Waals surface area contributed by atoms with Crippen molar-refractivity contribution in [2.45, 2.75) is 13.2 Å². The number of ether oxygens (including phenoxy) is 1. The third-order valence-corrected chi connectivity index (χ3v) is 3.68. The molecular weight excluding hydrogens is 385 g/mol. The van der Waals surface area contributed by atoms with E-state index in [1.807, 2.05) is 42.5 Å². The minimum absolute atomic E-state index is 0. The highest BCUT2D eigenvalue weighted by molar-refractivity contribution is 9.10. The van der Waals surface area contributed by atoms with Gasteiger partial charge in [-0.2, -0.15) is 0 Å². The zero-order valence-corrected chi connectivity index (χ0v) is 15.2. The lowest BCUT2D eigenvalue weighted by Gasteiger charge is -2.12. The molecule has 0 spiro atoms. The van der Waals surface area contributed by atoms with Crippen LogP contribution >= 0.6 is 39.9 Å². The lowest BCUT2D eigenvalue weighted by Crippen LogP contribution is -2.13. The van der Waals surface area contributed by atoms with E-state index in [-0.39, 0.29) is 12.4 Å². The highest BCUT2D eigenvalue weighted by Gasteiger charge is 2.05. The van der Waals surface area contributed by atoms with Gasteiger partial charge in [0.2, 0.25) is 0 Å². The Bertz CT molecular complexity index is 602. The molecule has 0 radical (unpaired) electrons. The Labute approximate surface area is 151 Å². The van der Waals surface area contributed by atoms with Crippen molar-refractivity contribution in [3.05, 3.63) is 75.7 Å². The first-order valence-corrected chi connectivity index (χ1v) is 7.83. The molecule has 2 aromatic carbocycles. The molecule has 0 bridgehead atoms. The van der Waals surface area contributed by atoms with Crippen molar-refractivity contribution < 1.29 is 4.74 Å². The van der Waals surface area contributed by atoms with Crippen LogP contribution in [-0.2, 0) is 13.2 Å². The van der Waals surface area contributed by atoms with E-state index >= 15 is 0 Å². The molecule has 0 saturated carbocycles. The largest absolute Gasteiger partial charge is 0.489 e. The third kappa shape index (κ3) is 6.01. The second-order valence-corrected chi connectivity index (χ2v) is 5.94. The molecule has 0 amide bonds. The quantitative estimate of drug-likeness (QED) is 0.495. The number of hydrogen-bond acceptors (Lipinski definition) is 2.